The highest BCUT2D eigenvalue weighted by atomic mass is 16.6. The quantitative estimate of drug-likeness (QED) is 0.255. The molecule has 0 bridgehead atoms. The average molecular weight is 413 g/mol. The molecule has 1 N–H and O–H groups in total. The van der Waals surface area contributed by atoms with Gasteiger partial charge in [0.2, 0.25) is 0 Å². The molecule has 0 aliphatic carbocycles. The van der Waals surface area contributed by atoms with Crippen molar-refractivity contribution >= 4 is 17.7 Å². The highest BCUT2D eigenvalue weighted by Crippen LogP contribution is 2.18. The predicted octanol–water partition coefficient (Wildman–Crippen LogP) is 4.40. The van der Waals surface area contributed by atoms with Gasteiger partial charge in [-0.25, -0.2) is 0 Å². The van der Waals surface area contributed by atoms with Crippen molar-refractivity contribution in [2.24, 2.45) is 0 Å². The van der Waals surface area contributed by atoms with E-state index in [2.05, 4.69) is 5.32 Å². The van der Waals surface area contributed by atoms with E-state index in [1.165, 1.54) is 18.2 Å². The van der Waals surface area contributed by atoms with Crippen molar-refractivity contribution in [2.45, 2.75) is 13.2 Å². The zero-order valence-electron chi connectivity index (χ0n) is 16.5. The maximum Gasteiger partial charge on any atom is 0.269 e. The van der Waals surface area contributed by atoms with E-state index in [1.54, 1.807) is 36.4 Å². The maximum atomic E-state index is 12.3. The molecule has 0 radical (unpaired) electrons. The molecule has 3 aromatic rings. The fraction of sp³-hybridized carbons (Fsp3) is 0.0833. The molecule has 0 spiro atoms. The molecule has 7 nitrogen and oxygen atoms in total. The first-order valence-electron chi connectivity index (χ1n) is 9.45. The number of nitriles is 1. The van der Waals surface area contributed by atoms with Crippen LogP contribution in [-0.2, 0) is 17.9 Å². The number of benzene rings is 3. The van der Waals surface area contributed by atoms with Crippen molar-refractivity contribution in [1.82, 2.24) is 5.32 Å². The molecule has 31 heavy (non-hydrogen) atoms. The van der Waals surface area contributed by atoms with Crippen LogP contribution in [0.4, 0.5) is 5.69 Å². The monoisotopic (exact) mass is 413 g/mol. The molecule has 1 amide bonds. The molecular formula is C24H19N3O4. The lowest BCUT2D eigenvalue weighted by molar-refractivity contribution is -0.384. The van der Waals surface area contributed by atoms with Gasteiger partial charge < -0.3 is 10.1 Å². The van der Waals surface area contributed by atoms with Crippen LogP contribution in [0.5, 0.6) is 5.75 Å². The fourth-order valence-corrected chi connectivity index (χ4v) is 2.78. The summed E-state index contributed by atoms with van der Waals surface area (Å²) in [6.07, 6.45) is 1.50. The van der Waals surface area contributed by atoms with Crippen molar-refractivity contribution in [3.63, 3.8) is 0 Å². The van der Waals surface area contributed by atoms with Crippen molar-refractivity contribution < 1.29 is 14.5 Å². The molecule has 0 saturated carbocycles. The molecule has 7 heteroatoms. The Kier molecular flexibility index (Phi) is 7.12. The normalized spacial score (nSPS) is 10.7. The Morgan fingerprint density at radius 1 is 1.03 bits per heavy atom. The third kappa shape index (κ3) is 6.27. The Morgan fingerprint density at radius 3 is 2.42 bits per heavy atom. The average Bonchev–Trinajstić information content (AvgIpc) is 2.81. The molecule has 3 aromatic carbocycles. The second-order valence-corrected chi connectivity index (χ2v) is 6.62. The molecule has 0 saturated heterocycles. The van der Waals surface area contributed by atoms with Gasteiger partial charge in [0.25, 0.3) is 11.6 Å². The van der Waals surface area contributed by atoms with E-state index in [0.29, 0.717) is 23.4 Å². The Morgan fingerprint density at radius 2 is 1.74 bits per heavy atom. The van der Waals surface area contributed by atoms with E-state index in [-0.39, 0.29) is 17.9 Å². The summed E-state index contributed by atoms with van der Waals surface area (Å²) in [5.74, 6) is 0.119. The Hall–Kier alpha value is -4.44. The van der Waals surface area contributed by atoms with Gasteiger partial charge in [0, 0.05) is 18.7 Å². The van der Waals surface area contributed by atoms with E-state index in [4.69, 9.17) is 4.74 Å². The van der Waals surface area contributed by atoms with Crippen LogP contribution in [0.15, 0.2) is 84.4 Å². The second-order valence-electron chi connectivity index (χ2n) is 6.62. The lowest BCUT2D eigenvalue weighted by Gasteiger charge is -2.07. The van der Waals surface area contributed by atoms with Crippen molar-refractivity contribution in [1.29, 1.82) is 5.26 Å². The van der Waals surface area contributed by atoms with Crippen LogP contribution in [-0.4, -0.2) is 10.8 Å². The topological polar surface area (TPSA) is 105 Å². The number of carbonyl (C=O) groups excluding carboxylic acids is 1. The highest BCUT2D eigenvalue weighted by molar-refractivity contribution is 6.01. The van der Waals surface area contributed by atoms with Gasteiger partial charge in [0.1, 0.15) is 24.0 Å². The van der Waals surface area contributed by atoms with Crippen LogP contribution in [0.2, 0.25) is 0 Å². The number of non-ortho nitro benzene ring substituents is 1. The minimum atomic E-state index is -0.451. The van der Waals surface area contributed by atoms with Gasteiger partial charge in [0.15, 0.2) is 0 Å². The molecule has 0 heterocycles. The minimum absolute atomic E-state index is 0.00111. The molecule has 0 unspecified atom stereocenters. The molecule has 0 atom stereocenters. The SMILES string of the molecule is N#C/C(=C/c1ccc(OCc2cccc([N+](=O)[O-])c2)cc1)C(=O)NCc1ccccc1. The molecule has 3 rings (SSSR count). The van der Waals surface area contributed by atoms with Gasteiger partial charge in [-0.1, -0.05) is 54.6 Å². The van der Waals surface area contributed by atoms with Crippen LogP contribution < -0.4 is 10.1 Å². The minimum Gasteiger partial charge on any atom is -0.489 e. The standard InChI is InChI=1S/C24H19N3O4/c25-15-21(24(28)26-16-19-5-2-1-3-6-19)13-18-9-11-23(12-10-18)31-17-20-7-4-8-22(14-20)27(29)30/h1-14H,16-17H2,(H,26,28)/b21-13-. The largest absolute Gasteiger partial charge is 0.489 e. The number of nitro benzene ring substituents is 1. The first-order valence-corrected chi connectivity index (χ1v) is 9.45. The van der Waals surface area contributed by atoms with Crippen LogP contribution in [0.1, 0.15) is 16.7 Å². The Balaban J connectivity index is 1.59. The molecular weight excluding hydrogens is 394 g/mol. The first-order chi connectivity index (χ1) is 15.0. The van der Waals surface area contributed by atoms with Crippen molar-refractivity contribution in [3.8, 4) is 11.8 Å². The number of rotatable bonds is 8. The number of nitrogens with zero attached hydrogens (tertiary/aromatic N) is 2. The van der Waals surface area contributed by atoms with Crippen molar-refractivity contribution in [2.75, 3.05) is 0 Å². The number of carbonyl (C=O) groups is 1. The summed E-state index contributed by atoms with van der Waals surface area (Å²) in [5.41, 5.74) is 2.31. The van der Waals surface area contributed by atoms with Gasteiger partial charge >= 0.3 is 0 Å². The lowest BCUT2D eigenvalue weighted by atomic mass is 10.1. The zero-order chi connectivity index (χ0) is 22.1. The van der Waals surface area contributed by atoms with Gasteiger partial charge in [0.05, 0.1) is 4.92 Å². The van der Waals surface area contributed by atoms with E-state index in [9.17, 15) is 20.2 Å². The third-order valence-electron chi connectivity index (χ3n) is 4.38. The second kappa shape index (κ2) is 10.4. The summed E-state index contributed by atoms with van der Waals surface area (Å²) in [5, 5.41) is 22.9. The highest BCUT2D eigenvalue weighted by Gasteiger charge is 2.09. The fourth-order valence-electron chi connectivity index (χ4n) is 2.78. The number of amides is 1. The Labute approximate surface area is 179 Å². The number of nitrogens with one attached hydrogen (secondary N) is 1. The third-order valence-corrected chi connectivity index (χ3v) is 4.38. The van der Waals surface area contributed by atoms with Gasteiger partial charge in [-0.3, -0.25) is 14.9 Å². The lowest BCUT2D eigenvalue weighted by Crippen LogP contribution is -2.23. The molecule has 0 aliphatic heterocycles. The summed E-state index contributed by atoms with van der Waals surface area (Å²) in [6.45, 7) is 0.519. The summed E-state index contributed by atoms with van der Waals surface area (Å²) in [7, 11) is 0. The Bertz CT molecular complexity index is 1130. The van der Waals surface area contributed by atoms with Gasteiger partial charge in [-0.15, -0.1) is 0 Å². The van der Waals surface area contributed by atoms with Gasteiger partial charge in [-0.2, -0.15) is 5.26 Å². The molecule has 154 valence electrons. The van der Waals surface area contributed by atoms with Crippen LogP contribution >= 0.6 is 0 Å². The van der Waals surface area contributed by atoms with Gasteiger partial charge in [-0.05, 0) is 34.9 Å². The molecule has 0 aliphatic rings. The summed E-state index contributed by atoms with van der Waals surface area (Å²) in [6, 6.07) is 24.5. The summed E-state index contributed by atoms with van der Waals surface area (Å²) >= 11 is 0. The van der Waals surface area contributed by atoms with E-state index in [0.717, 1.165) is 5.56 Å². The number of nitro groups is 1. The number of hydrogen-bond donors (Lipinski definition) is 1. The van der Waals surface area contributed by atoms with Crippen molar-refractivity contribution in [3.05, 3.63) is 111 Å². The van der Waals surface area contributed by atoms with Crippen LogP contribution in [0.3, 0.4) is 0 Å². The van der Waals surface area contributed by atoms with E-state index in [1.807, 2.05) is 36.4 Å². The molecule has 0 aromatic heterocycles. The van der Waals surface area contributed by atoms with E-state index < -0.39 is 10.8 Å². The first kappa shape index (κ1) is 21.3. The maximum absolute atomic E-state index is 12.3. The summed E-state index contributed by atoms with van der Waals surface area (Å²) < 4.78 is 5.66. The number of hydrogen-bond acceptors (Lipinski definition) is 5. The number of ether oxygens (including phenoxy) is 1. The molecule has 0 fully saturated rings. The smallest absolute Gasteiger partial charge is 0.269 e. The van der Waals surface area contributed by atoms with E-state index >= 15 is 0 Å². The van der Waals surface area contributed by atoms with Crippen LogP contribution in [0.25, 0.3) is 6.08 Å². The predicted molar refractivity (Wildman–Crippen MR) is 116 cm³/mol. The zero-order valence-corrected chi connectivity index (χ0v) is 16.5. The summed E-state index contributed by atoms with van der Waals surface area (Å²) in [4.78, 5) is 22.7. The van der Waals surface area contributed by atoms with Crippen LogP contribution in [0, 0.1) is 21.4 Å².